The maximum absolute atomic E-state index is 13.2. The molecule has 3 rings (SSSR count). The maximum Gasteiger partial charge on any atom is 0.226 e. The summed E-state index contributed by atoms with van der Waals surface area (Å²) < 4.78 is 23.2. The molecule has 1 aromatic heterocycles. The van der Waals surface area contributed by atoms with Crippen LogP contribution in [-0.4, -0.2) is 29.5 Å². The Morgan fingerprint density at radius 1 is 1.27 bits per heavy atom. The molecule has 0 saturated carbocycles. The molecule has 2 N–H and O–H groups in total. The van der Waals surface area contributed by atoms with E-state index in [9.17, 15) is 9.18 Å². The lowest BCUT2D eigenvalue weighted by atomic mass is 10.1. The number of oxime groups is 1. The summed E-state index contributed by atoms with van der Waals surface area (Å²) in [6.07, 6.45) is 2.00. The first-order valence-corrected chi connectivity index (χ1v) is 9.50. The van der Waals surface area contributed by atoms with Crippen molar-refractivity contribution in [1.29, 1.82) is 0 Å². The number of amides is 1. The minimum absolute atomic E-state index is 0.117. The molecule has 0 aliphatic heterocycles. The van der Waals surface area contributed by atoms with Gasteiger partial charge < -0.3 is 10.1 Å². The van der Waals surface area contributed by atoms with Crippen LogP contribution in [0.1, 0.15) is 17.7 Å². The smallest absolute Gasteiger partial charge is 0.226 e. The zero-order chi connectivity index (χ0) is 21.3. The molecule has 156 valence electrons. The van der Waals surface area contributed by atoms with E-state index in [0.29, 0.717) is 12.1 Å². The number of nitrogens with zero attached hydrogens (tertiary/aromatic N) is 3. The fraction of sp³-hybridized carbons (Fsp3) is 0.158. The van der Waals surface area contributed by atoms with Crippen molar-refractivity contribution in [2.75, 3.05) is 17.9 Å². The molecule has 0 fully saturated rings. The molecule has 0 spiro atoms. The van der Waals surface area contributed by atoms with Gasteiger partial charge >= 0.3 is 0 Å². The van der Waals surface area contributed by atoms with E-state index in [-0.39, 0.29) is 28.3 Å². The van der Waals surface area contributed by atoms with Crippen LogP contribution in [0.5, 0.6) is 5.75 Å². The number of anilines is 2. The fourth-order valence-corrected chi connectivity index (χ4v) is 2.71. The highest BCUT2D eigenvalue weighted by Gasteiger charge is 2.12. The summed E-state index contributed by atoms with van der Waals surface area (Å²) in [4.78, 5) is 17.1. The molecule has 9 nitrogen and oxygen atoms in total. The van der Waals surface area contributed by atoms with Crippen LogP contribution in [0.15, 0.2) is 56.7 Å². The van der Waals surface area contributed by atoms with Crippen LogP contribution in [0.4, 0.5) is 15.9 Å². The van der Waals surface area contributed by atoms with Gasteiger partial charge in [-0.1, -0.05) is 17.3 Å². The molecule has 2 aromatic carbocycles. The Balaban J connectivity index is 1.48. The number of halogens is 2. The van der Waals surface area contributed by atoms with Crippen LogP contribution in [0.25, 0.3) is 0 Å². The molecule has 30 heavy (non-hydrogen) atoms. The van der Waals surface area contributed by atoms with Crippen molar-refractivity contribution in [3.8, 4) is 5.75 Å². The highest BCUT2D eigenvalue weighted by Crippen LogP contribution is 2.20. The number of benzene rings is 2. The fourth-order valence-electron chi connectivity index (χ4n) is 2.33. The zero-order valence-corrected chi connectivity index (χ0v) is 17.3. The Morgan fingerprint density at radius 2 is 2.07 bits per heavy atom. The van der Waals surface area contributed by atoms with E-state index in [1.165, 1.54) is 24.4 Å². The number of carbonyl (C=O) groups is 1. The third-order valence-electron chi connectivity index (χ3n) is 3.88. The van der Waals surface area contributed by atoms with Crippen LogP contribution in [0.2, 0.25) is 0 Å². The van der Waals surface area contributed by atoms with Crippen LogP contribution in [-0.2, 0) is 16.2 Å². The third kappa shape index (κ3) is 6.01. The van der Waals surface area contributed by atoms with E-state index in [2.05, 4.69) is 46.8 Å². The summed E-state index contributed by atoms with van der Waals surface area (Å²) in [6.45, 7) is 0. The summed E-state index contributed by atoms with van der Waals surface area (Å²) in [5.74, 6) is 0.215. The predicted octanol–water partition coefficient (Wildman–Crippen LogP) is 3.93. The zero-order valence-electron chi connectivity index (χ0n) is 15.8. The Hall–Kier alpha value is -3.47. The second kappa shape index (κ2) is 10.3. The molecule has 0 bridgehead atoms. The minimum atomic E-state index is -0.398. The van der Waals surface area contributed by atoms with Crippen LogP contribution in [0.3, 0.4) is 0 Å². The number of carbonyl (C=O) groups excluding carboxylic acids is 1. The number of hydrogen-bond donors (Lipinski definition) is 2. The largest absolute Gasteiger partial charge is 0.497 e. The number of aryl methyl sites for hydroxylation is 1. The number of methoxy groups -OCH3 is 1. The van der Waals surface area contributed by atoms with Gasteiger partial charge in [-0.2, -0.15) is 5.48 Å². The summed E-state index contributed by atoms with van der Waals surface area (Å²) in [6, 6.07) is 11.7. The standard InChI is InChI=1S/C19H17BrFN5O4/c1-28-14-6-2-12(3-7-14)4-9-18(27)23-19-17(25-30-26-19)11-22-29-24-13-5-8-16(21)15(20)10-13/h2-3,5-8,10-11,24H,4,9H2,1H3,(H,23,26,27)/b22-11+. The maximum atomic E-state index is 13.2. The SMILES string of the molecule is COc1ccc(CCC(=O)Nc2nonc2/C=N/ONc2ccc(F)c(Br)c2)cc1. The summed E-state index contributed by atoms with van der Waals surface area (Å²) in [5, 5.41) is 13.6. The molecule has 0 radical (unpaired) electrons. The van der Waals surface area contributed by atoms with Crippen molar-refractivity contribution in [2.24, 2.45) is 5.16 Å². The Bertz CT molecular complexity index is 1030. The highest BCUT2D eigenvalue weighted by atomic mass is 79.9. The summed E-state index contributed by atoms with van der Waals surface area (Å²) in [7, 11) is 1.60. The predicted molar refractivity (Wildman–Crippen MR) is 111 cm³/mol. The van der Waals surface area contributed by atoms with Gasteiger partial charge in [-0.05, 0) is 68.6 Å². The van der Waals surface area contributed by atoms with Gasteiger partial charge in [0.25, 0.3) is 0 Å². The first kappa shape index (κ1) is 21.2. The van der Waals surface area contributed by atoms with E-state index < -0.39 is 5.82 Å². The number of nitrogens with one attached hydrogen (secondary N) is 2. The van der Waals surface area contributed by atoms with Crippen molar-refractivity contribution < 1.29 is 23.5 Å². The third-order valence-corrected chi connectivity index (χ3v) is 4.49. The quantitative estimate of drug-likeness (QED) is 0.354. The average molecular weight is 478 g/mol. The normalized spacial score (nSPS) is 10.8. The topological polar surface area (TPSA) is 111 Å². The van der Waals surface area contributed by atoms with Gasteiger partial charge in [0.15, 0.2) is 5.69 Å². The van der Waals surface area contributed by atoms with E-state index in [4.69, 9.17) is 9.68 Å². The van der Waals surface area contributed by atoms with Crippen molar-refractivity contribution in [3.05, 3.63) is 64.0 Å². The Kier molecular flexibility index (Phi) is 7.33. The molecular formula is C19H17BrFN5O4. The molecule has 11 heteroatoms. The van der Waals surface area contributed by atoms with E-state index >= 15 is 0 Å². The lowest BCUT2D eigenvalue weighted by Gasteiger charge is -2.04. The average Bonchev–Trinajstić information content (AvgIpc) is 3.19. The van der Waals surface area contributed by atoms with Crippen molar-refractivity contribution in [3.63, 3.8) is 0 Å². The second-order valence-corrected chi connectivity index (χ2v) is 6.81. The van der Waals surface area contributed by atoms with Gasteiger partial charge in [0, 0.05) is 6.42 Å². The van der Waals surface area contributed by atoms with Gasteiger partial charge in [0.2, 0.25) is 11.7 Å². The van der Waals surface area contributed by atoms with Gasteiger partial charge in [-0.15, -0.1) is 0 Å². The van der Waals surface area contributed by atoms with Crippen LogP contribution >= 0.6 is 15.9 Å². The minimum Gasteiger partial charge on any atom is -0.497 e. The summed E-state index contributed by atoms with van der Waals surface area (Å²) in [5.41, 5.74) is 4.16. The van der Waals surface area contributed by atoms with Crippen LogP contribution < -0.4 is 15.5 Å². The first-order chi connectivity index (χ1) is 14.5. The highest BCUT2D eigenvalue weighted by molar-refractivity contribution is 9.10. The van der Waals surface area contributed by atoms with Crippen molar-refractivity contribution in [2.45, 2.75) is 12.8 Å². The first-order valence-electron chi connectivity index (χ1n) is 8.71. The number of aromatic nitrogens is 2. The molecule has 0 atom stereocenters. The van der Waals surface area contributed by atoms with Crippen molar-refractivity contribution in [1.82, 2.24) is 10.3 Å². The summed E-state index contributed by atoms with van der Waals surface area (Å²) >= 11 is 3.07. The molecule has 1 amide bonds. The molecular weight excluding hydrogens is 461 g/mol. The van der Waals surface area contributed by atoms with Crippen LogP contribution in [0, 0.1) is 5.82 Å². The molecule has 0 aliphatic rings. The van der Waals surface area contributed by atoms with Gasteiger partial charge in [-0.25, -0.2) is 9.02 Å². The lowest BCUT2D eigenvalue weighted by molar-refractivity contribution is -0.116. The van der Waals surface area contributed by atoms with E-state index in [1.54, 1.807) is 7.11 Å². The lowest BCUT2D eigenvalue weighted by Crippen LogP contribution is -2.14. The Morgan fingerprint density at radius 3 is 2.80 bits per heavy atom. The second-order valence-electron chi connectivity index (χ2n) is 5.95. The number of ether oxygens (including phenoxy) is 1. The Labute approximate surface area is 179 Å². The monoisotopic (exact) mass is 477 g/mol. The number of hydrogen-bond acceptors (Lipinski definition) is 8. The van der Waals surface area contributed by atoms with Crippen molar-refractivity contribution >= 4 is 39.6 Å². The molecule has 0 saturated heterocycles. The van der Waals surface area contributed by atoms with Gasteiger partial charge in [0.1, 0.15) is 17.8 Å². The van der Waals surface area contributed by atoms with E-state index in [1.807, 2.05) is 24.3 Å². The molecule has 3 aromatic rings. The molecule has 1 heterocycles. The van der Waals surface area contributed by atoms with Gasteiger partial charge in [-0.3, -0.25) is 9.73 Å². The number of rotatable bonds is 9. The molecule has 0 unspecified atom stereocenters. The van der Waals surface area contributed by atoms with Gasteiger partial charge in [0.05, 0.1) is 17.3 Å². The van der Waals surface area contributed by atoms with E-state index in [0.717, 1.165) is 11.3 Å². The molecule has 0 aliphatic carbocycles.